The van der Waals surface area contributed by atoms with Crippen LogP contribution in [0.4, 0.5) is 5.69 Å². The van der Waals surface area contributed by atoms with Gasteiger partial charge >= 0.3 is 0 Å². The second-order valence-corrected chi connectivity index (χ2v) is 6.47. The molecule has 0 aliphatic rings. The van der Waals surface area contributed by atoms with Crippen LogP contribution in [0.3, 0.4) is 0 Å². The van der Waals surface area contributed by atoms with Gasteiger partial charge in [-0.3, -0.25) is 4.79 Å². The number of nitrogens with one attached hydrogen (secondary N) is 1. The van der Waals surface area contributed by atoms with E-state index in [4.69, 9.17) is 4.74 Å². The summed E-state index contributed by atoms with van der Waals surface area (Å²) in [4.78, 5) is 12.6. The van der Waals surface area contributed by atoms with Crippen molar-refractivity contribution in [3.63, 3.8) is 0 Å². The fourth-order valence-electron chi connectivity index (χ4n) is 2.88. The summed E-state index contributed by atoms with van der Waals surface area (Å²) in [6, 6.07) is 21.7. The van der Waals surface area contributed by atoms with Gasteiger partial charge in [0, 0.05) is 11.1 Å². The number of benzene rings is 3. The molecule has 0 saturated carbocycles. The largest absolute Gasteiger partial charge is 0.481 e. The summed E-state index contributed by atoms with van der Waals surface area (Å²) < 4.78 is 5.94. The van der Waals surface area contributed by atoms with Crippen LogP contribution in [-0.4, -0.2) is 12.0 Å². The first-order valence-corrected chi connectivity index (χ1v) is 8.60. The Bertz CT molecular complexity index is 881. The monoisotopic (exact) mass is 333 g/mol. The van der Waals surface area contributed by atoms with E-state index in [9.17, 15) is 4.79 Å². The summed E-state index contributed by atoms with van der Waals surface area (Å²) in [7, 11) is 0. The topological polar surface area (TPSA) is 38.3 Å². The SMILES string of the molecule is CC(Oc1ccccc1C(C)C)C(=O)Nc1cccc2ccccc12. The highest BCUT2D eigenvalue weighted by Crippen LogP contribution is 2.27. The summed E-state index contributed by atoms with van der Waals surface area (Å²) in [5.74, 6) is 0.942. The van der Waals surface area contributed by atoms with Crippen molar-refractivity contribution in [2.75, 3.05) is 5.32 Å². The molecule has 3 nitrogen and oxygen atoms in total. The van der Waals surface area contributed by atoms with Gasteiger partial charge in [0.2, 0.25) is 0 Å². The summed E-state index contributed by atoms with van der Waals surface area (Å²) in [6.45, 7) is 6.00. The van der Waals surface area contributed by atoms with E-state index in [0.717, 1.165) is 27.8 Å². The van der Waals surface area contributed by atoms with Gasteiger partial charge in [-0.25, -0.2) is 0 Å². The molecular weight excluding hydrogens is 310 g/mol. The Morgan fingerprint density at radius 1 is 0.880 bits per heavy atom. The summed E-state index contributed by atoms with van der Waals surface area (Å²) in [5.41, 5.74) is 1.91. The lowest BCUT2D eigenvalue weighted by Gasteiger charge is -2.19. The van der Waals surface area contributed by atoms with E-state index in [1.54, 1.807) is 6.92 Å². The van der Waals surface area contributed by atoms with E-state index in [2.05, 4.69) is 19.2 Å². The average molecular weight is 333 g/mol. The molecule has 1 atom stereocenters. The third kappa shape index (κ3) is 3.82. The normalized spacial score (nSPS) is 12.2. The Kier molecular flexibility index (Phi) is 5.03. The fourth-order valence-corrected chi connectivity index (χ4v) is 2.88. The van der Waals surface area contributed by atoms with E-state index in [-0.39, 0.29) is 5.91 Å². The van der Waals surface area contributed by atoms with Crippen molar-refractivity contribution in [1.29, 1.82) is 0 Å². The standard InChI is InChI=1S/C22H23NO2/c1-15(2)18-11-6-7-14-21(18)25-16(3)22(24)23-20-13-8-10-17-9-4-5-12-19(17)20/h4-16H,1-3H3,(H,23,24). The molecule has 3 heteroatoms. The van der Waals surface area contributed by atoms with Gasteiger partial charge in [-0.1, -0.05) is 68.4 Å². The Morgan fingerprint density at radius 3 is 2.36 bits per heavy atom. The molecule has 0 aliphatic heterocycles. The van der Waals surface area contributed by atoms with E-state index >= 15 is 0 Å². The first-order valence-electron chi connectivity index (χ1n) is 8.60. The lowest BCUT2D eigenvalue weighted by atomic mass is 10.0. The van der Waals surface area contributed by atoms with Crippen LogP contribution < -0.4 is 10.1 Å². The van der Waals surface area contributed by atoms with Crippen molar-refractivity contribution >= 4 is 22.4 Å². The molecule has 0 saturated heterocycles. The Morgan fingerprint density at radius 2 is 1.56 bits per heavy atom. The number of carbonyl (C=O) groups excluding carboxylic acids is 1. The lowest BCUT2D eigenvalue weighted by molar-refractivity contribution is -0.122. The molecule has 0 spiro atoms. The molecule has 0 aromatic heterocycles. The number of amides is 1. The van der Waals surface area contributed by atoms with E-state index in [0.29, 0.717) is 5.92 Å². The van der Waals surface area contributed by atoms with Crippen LogP contribution in [0.2, 0.25) is 0 Å². The number of rotatable bonds is 5. The Hall–Kier alpha value is -2.81. The fraction of sp³-hybridized carbons (Fsp3) is 0.227. The van der Waals surface area contributed by atoms with Gasteiger partial charge in [-0.05, 0) is 35.9 Å². The molecule has 0 bridgehead atoms. The number of fused-ring (bicyclic) bond motifs is 1. The van der Waals surface area contributed by atoms with Crippen LogP contribution in [-0.2, 0) is 4.79 Å². The third-order valence-corrected chi connectivity index (χ3v) is 4.26. The Labute approximate surface area is 148 Å². The molecule has 3 rings (SSSR count). The van der Waals surface area contributed by atoms with E-state index in [1.165, 1.54) is 0 Å². The van der Waals surface area contributed by atoms with E-state index < -0.39 is 6.10 Å². The maximum atomic E-state index is 12.6. The minimum absolute atomic E-state index is 0.157. The molecule has 3 aromatic rings. The van der Waals surface area contributed by atoms with Gasteiger partial charge < -0.3 is 10.1 Å². The molecule has 1 unspecified atom stereocenters. The van der Waals surface area contributed by atoms with Gasteiger partial charge in [0.25, 0.3) is 5.91 Å². The van der Waals surface area contributed by atoms with E-state index in [1.807, 2.05) is 66.7 Å². The van der Waals surface area contributed by atoms with Gasteiger partial charge in [-0.15, -0.1) is 0 Å². The maximum Gasteiger partial charge on any atom is 0.265 e. The lowest BCUT2D eigenvalue weighted by Crippen LogP contribution is -2.30. The summed E-state index contributed by atoms with van der Waals surface area (Å²) in [6.07, 6.45) is -0.584. The predicted molar refractivity (Wildman–Crippen MR) is 103 cm³/mol. The second kappa shape index (κ2) is 7.39. The smallest absolute Gasteiger partial charge is 0.265 e. The number of hydrogen-bond donors (Lipinski definition) is 1. The molecule has 0 heterocycles. The van der Waals surface area contributed by atoms with Crippen LogP contribution in [0, 0.1) is 0 Å². The molecule has 25 heavy (non-hydrogen) atoms. The van der Waals surface area contributed by atoms with Crippen molar-refractivity contribution in [1.82, 2.24) is 0 Å². The van der Waals surface area contributed by atoms with Crippen molar-refractivity contribution in [2.45, 2.75) is 32.8 Å². The van der Waals surface area contributed by atoms with Gasteiger partial charge in [0.1, 0.15) is 5.75 Å². The zero-order chi connectivity index (χ0) is 17.8. The van der Waals surface area contributed by atoms with Crippen LogP contribution >= 0.6 is 0 Å². The zero-order valence-corrected chi connectivity index (χ0v) is 14.8. The molecule has 1 amide bonds. The second-order valence-electron chi connectivity index (χ2n) is 6.47. The highest BCUT2D eigenvalue weighted by Gasteiger charge is 2.18. The quantitative estimate of drug-likeness (QED) is 0.682. The number of ether oxygens (including phenoxy) is 1. The molecule has 0 fully saturated rings. The summed E-state index contributed by atoms with van der Waals surface area (Å²) >= 11 is 0. The Balaban J connectivity index is 1.77. The molecule has 1 N–H and O–H groups in total. The van der Waals surface area contributed by atoms with Crippen molar-refractivity contribution in [2.24, 2.45) is 0 Å². The van der Waals surface area contributed by atoms with Crippen molar-refractivity contribution in [3.8, 4) is 5.75 Å². The summed E-state index contributed by atoms with van der Waals surface area (Å²) in [5, 5.41) is 5.11. The third-order valence-electron chi connectivity index (χ3n) is 4.26. The first-order chi connectivity index (χ1) is 12.1. The molecule has 0 aliphatic carbocycles. The number of hydrogen-bond acceptors (Lipinski definition) is 2. The van der Waals surface area contributed by atoms with Crippen molar-refractivity contribution < 1.29 is 9.53 Å². The number of anilines is 1. The van der Waals surface area contributed by atoms with Crippen LogP contribution in [0.15, 0.2) is 66.7 Å². The predicted octanol–water partition coefficient (Wildman–Crippen LogP) is 5.37. The minimum atomic E-state index is -0.584. The molecule has 128 valence electrons. The molecule has 0 radical (unpaired) electrons. The van der Waals surface area contributed by atoms with Gasteiger partial charge in [0.05, 0.1) is 0 Å². The molecule has 3 aromatic carbocycles. The van der Waals surface area contributed by atoms with Crippen LogP contribution in [0.5, 0.6) is 5.75 Å². The minimum Gasteiger partial charge on any atom is -0.481 e. The maximum absolute atomic E-state index is 12.6. The van der Waals surface area contributed by atoms with Gasteiger partial charge in [0.15, 0.2) is 6.10 Å². The molecular formula is C22H23NO2. The zero-order valence-electron chi connectivity index (χ0n) is 14.8. The number of carbonyl (C=O) groups is 1. The highest BCUT2D eigenvalue weighted by atomic mass is 16.5. The van der Waals surface area contributed by atoms with Crippen LogP contribution in [0.1, 0.15) is 32.3 Å². The first kappa shape index (κ1) is 17.0. The number of para-hydroxylation sites is 1. The average Bonchev–Trinajstić information content (AvgIpc) is 2.62. The van der Waals surface area contributed by atoms with Gasteiger partial charge in [-0.2, -0.15) is 0 Å². The van der Waals surface area contributed by atoms with Crippen LogP contribution in [0.25, 0.3) is 10.8 Å². The highest BCUT2D eigenvalue weighted by molar-refractivity contribution is 6.03. The van der Waals surface area contributed by atoms with Crippen molar-refractivity contribution in [3.05, 3.63) is 72.3 Å².